The second-order valence-corrected chi connectivity index (χ2v) is 8.99. The smallest absolute Gasteiger partial charge is 0.258 e. The Hall–Kier alpha value is -3.97. The Morgan fingerprint density at radius 2 is 1.54 bits per heavy atom. The van der Waals surface area contributed by atoms with Crippen molar-refractivity contribution in [1.82, 2.24) is 10.2 Å². The number of nitrogens with zero attached hydrogens (tertiary/aromatic N) is 2. The maximum atomic E-state index is 13.9. The van der Waals surface area contributed by atoms with E-state index in [-0.39, 0.29) is 24.1 Å². The Labute approximate surface area is 204 Å². The van der Waals surface area contributed by atoms with Gasteiger partial charge in [-0.3, -0.25) is 19.3 Å². The van der Waals surface area contributed by atoms with Crippen molar-refractivity contribution in [2.75, 3.05) is 36.4 Å². The molecule has 0 saturated carbocycles. The lowest BCUT2D eigenvalue weighted by molar-refractivity contribution is -0.116. The number of amides is 3. The summed E-state index contributed by atoms with van der Waals surface area (Å²) in [6.45, 7) is 4.75. The zero-order chi connectivity index (χ0) is 24.4. The normalized spacial score (nSPS) is 17.9. The molecule has 1 fully saturated rings. The molecule has 7 heteroatoms. The van der Waals surface area contributed by atoms with Crippen LogP contribution >= 0.6 is 0 Å². The highest BCUT2D eigenvalue weighted by Gasteiger charge is 2.34. The highest BCUT2D eigenvalue weighted by atomic mass is 16.2. The summed E-state index contributed by atoms with van der Waals surface area (Å²) in [6.07, 6.45) is 0.109. The Morgan fingerprint density at radius 1 is 0.857 bits per heavy atom. The molecule has 0 bridgehead atoms. The summed E-state index contributed by atoms with van der Waals surface area (Å²) in [7, 11) is 0. The molecule has 2 aliphatic heterocycles. The van der Waals surface area contributed by atoms with Crippen LogP contribution in [0.2, 0.25) is 0 Å². The summed E-state index contributed by atoms with van der Waals surface area (Å²) in [5.74, 6) is -0.479. The first-order chi connectivity index (χ1) is 17.0. The van der Waals surface area contributed by atoms with Gasteiger partial charge in [-0.05, 0) is 42.8 Å². The van der Waals surface area contributed by atoms with Gasteiger partial charge < -0.3 is 15.5 Å². The lowest BCUT2D eigenvalue weighted by Crippen LogP contribution is -2.46. The zero-order valence-electron chi connectivity index (χ0n) is 19.7. The summed E-state index contributed by atoms with van der Waals surface area (Å²) in [6, 6.07) is 21.7. The van der Waals surface area contributed by atoms with Crippen LogP contribution in [0, 0.1) is 6.92 Å². The SMILES string of the molecule is Cc1ccc(C(=O)N2c3ccc(C(=O)N4CCNCC4)cc3NC(=O)CC2c2ccccc2)cc1. The summed E-state index contributed by atoms with van der Waals surface area (Å²) < 4.78 is 0. The van der Waals surface area contributed by atoms with Gasteiger partial charge in [-0.15, -0.1) is 0 Å². The molecule has 3 amide bonds. The second kappa shape index (κ2) is 9.72. The van der Waals surface area contributed by atoms with Gasteiger partial charge in [0.2, 0.25) is 5.91 Å². The molecular formula is C28H28N4O3. The van der Waals surface area contributed by atoms with Crippen LogP contribution in [0.4, 0.5) is 11.4 Å². The number of benzene rings is 3. The minimum Gasteiger partial charge on any atom is -0.336 e. The van der Waals surface area contributed by atoms with Crippen LogP contribution < -0.4 is 15.5 Å². The van der Waals surface area contributed by atoms with Crippen LogP contribution in [0.5, 0.6) is 0 Å². The summed E-state index contributed by atoms with van der Waals surface area (Å²) >= 11 is 0. The number of anilines is 2. The molecule has 2 heterocycles. The molecule has 3 aromatic rings. The lowest BCUT2D eigenvalue weighted by atomic mass is 9.99. The number of fused-ring (bicyclic) bond motifs is 1. The Balaban J connectivity index is 1.59. The third-order valence-corrected chi connectivity index (χ3v) is 6.57. The fourth-order valence-electron chi connectivity index (χ4n) is 4.69. The molecule has 7 nitrogen and oxygen atoms in total. The van der Waals surface area contributed by atoms with Gasteiger partial charge in [0.15, 0.2) is 0 Å². The topological polar surface area (TPSA) is 81.8 Å². The first kappa shape index (κ1) is 22.8. The number of hydrogen-bond acceptors (Lipinski definition) is 4. The molecule has 35 heavy (non-hydrogen) atoms. The number of piperazine rings is 1. The van der Waals surface area contributed by atoms with Crippen molar-refractivity contribution in [2.24, 2.45) is 0 Å². The molecule has 1 saturated heterocycles. The van der Waals surface area contributed by atoms with Crippen LogP contribution in [-0.4, -0.2) is 48.8 Å². The molecule has 3 aromatic carbocycles. The lowest BCUT2D eigenvalue weighted by Gasteiger charge is -2.31. The van der Waals surface area contributed by atoms with E-state index in [9.17, 15) is 14.4 Å². The molecule has 1 unspecified atom stereocenters. The zero-order valence-corrected chi connectivity index (χ0v) is 19.7. The fourth-order valence-corrected chi connectivity index (χ4v) is 4.69. The summed E-state index contributed by atoms with van der Waals surface area (Å²) in [5.41, 5.74) is 4.01. The maximum Gasteiger partial charge on any atom is 0.258 e. The standard InChI is InChI=1S/C28H28N4O3/c1-19-7-9-21(10-8-19)28(35)32-24-12-11-22(27(34)31-15-13-29-14-16-31)17-23(24)30-26(33)18-25(32)20-5-3-2-4-6-20/h2-12,17,25,29H,13-16,18H2,1H3,(H,30,33). The summed E-state index contributed by atoms with van der Waals surface area (Å²) in [4.78, 5) is 43.5. The Kier molecular flexibility index (Phi) is 6.33. The number of hydrogen-bond donors (Lipinski definition) is 2. The van der Waals surface area contributed by atoms with Crippen molar-refractivity contribution in [1.29, 1.82) is 0 Å². The highest BCUT2D eigenvalue weighted by molar-refractivity contribution is 6.12. The first-order valence-corrected chi connectivity index (χ1v) is 11.9. The van der Waals surface area contributed by atoms with Gasteiger partial charge in [-0.25, -0.2) is 0 Å². The van der Waals surface area contributed by atoms with Crippen LogP contribution in [0.1, 0.15) is 44.3 Å². The van der Waals surface area contributed by atoms with Crippen molar-refractivity contribution in [2.45, 2.75) is 19.4 Å². The molecule has 0 aromatic heterocycles. The molecule has 0 radical (unpaired) electrons. The van der Waals surface area contributed by atoms with Crippen LogP contribution in [0.3, 0.4) is 0 Å². The van der Waals surface area contributed by atoms with E-state index < -0.39 is 6.04 Å². The van der Waals surface area contributed by atoms with Crippen LogP contribution in [0.25, 0.3) is 0 Å². The molecule has 2 aliphatic rings. The molecule has 0 aliphatic carbocycles. The van der Waals surface area contributed by atoms with Gasteiger partial charge in [-0.2, -0.15) is 0 Å². The third-order valence-electron chi connectivity index (χ3n) is 6.57. The molecule has 5 rings (SSSR count). The molecule has 2 N–H and O–H groups in total. The number of carbonyl (C=O) groups excluding carboxylic acids is 3. The predicted octanol–water partition coefficient (Wildman–Crippen LogP) is 3.77. The van der Waals surface area contributed by atoms with E-state index in [4.69, 9.17) is 0 Å². The first-order valence-electron chi connectivity index (χ1n) is 11.9. The van der Waals surface area contributed by atoms with E-state index in [1.165, 1.54) is 0 Å². The van der Waals surface area contributed by atoms with Gasteiger partial charge in [0.05, 0.1) is 23.8 Å². The van der Waals surface area contributed by atoms with E-state index in [0.29, 0.717) is 35.6 Å². The molecule has 1 atom stereocenters. The number of nitrogens with one attached hydrogen (secondary N) is 2. The molecule has 0 spiro atoms. The van der Waals surface area contributed by atoms with E-state index in [1.807, 2.05) is 61.5 Å². The average molecular weight is 469 g/mol. The maximum absolute atomic E-state index is 13.9. The van der Waals surface area contributed by atoms with Gasteiger partial charge in [0.1, 0.15) is 0 Å². The quantitative estimate of drug-likeness (QED) is 0.613. The monoisotopic (exact) mass is 468 g/mol. The van der Waals surface area contributed by atoms with Crippen molar-refractivity contribution in [3.63, 3.8) is 0 Å². The van der Waals surface area contributed by atoms with Crippen LogP contribution in [-0.2, 0) is 4.79 Å². The fraction of sp³-hybridized carbons (Fsp3) is 0.250. The Morgan fingerprint density at radius 3 is 2.26 bits per heavy atom. The van der Waals surface area contributed by atoms with Gasteiger partial charge >= 0.3 is 0 Å². The van der Waals surface area contributed by atoms with Gasteiger partial charge in [0, 0.05) is 37.3 Å². The van der Waals surface area contributed by atoms with Crippen LogP contribution in [0.15, 0.2) is 72.8 Å². The van der Waals surface area contributed by atoms with Crippen molar-refractivity contribution in [3.8, 4) is 0 Å². The minimum absolute atomic E-state index is 0.0798. The van der Waals surface area contributed by atoms with Crippen molar-refractivity contribution < 1.29 is 14.4 Å². The van der Waals surface area contributed by atoms with Gasteiger partial charge in [0.25, 0.3) is 11.8 Å². The van der Waals surface area contributed by atoms with Gasteiger partial charge in [-0.1, -0.05) is 48.0 Å². The predicted molar refractivity (Wildman–Crippen MR) is 136 cm³/mol. The van der Waals surface area contributed by atoms with E-state index in [1.54, 1.807) is 28.0 Å². The third kappa shape index (κ3) is 4.68. The second-order valence-electron chi connectivity index (χ2n) is 8.99. The largest absolute Gasteiger partial charge is 0.336 e. The average Bonchev–Trinajstić information content (AvgIpc) is 3.04. The number of rotatable bonds is 3. The molecular weight excluding hydrogens is 440 g/mol. The minimum atomic E-state index is -0.485. The summed E-state index contributed by atoms with van der Waals surface area (Å²) in [5, 5.41) is 6.20. The van der Waals surface area contributed by atoms with E-state index in [2.05, 4.69) is 10.6 Å². The Bertz CT molecular complexity index is 1250. The number of carbonyl (C=O) groups is 3. The van der Waals surface area contributed by atoms with E-state index in [0.717, 1.165) is 24.2 Å². The number of aryl methyl sites for hydroxylation is 1. The highest BCUT2D eigenvalue weighted by Crippen LogP contribution is 2.39. The van der Waals surface area contributed by atoms with Crippen molar-refractivity contribution >= 4 is 29.1 Å². The van der Waals surface area contributed by atoms with E-state index >= 15 is 0 Å². The van der Waals surface area contributed by atoms with Crippen molar-refractivity contribution in [3.05, 3.63) is 95.1 Å². The molecule has 178 valence electrons.